The molecule has 0 aromatic carbocycles. The third-order valence-corrected chi connectivity index (χ3v) is 3.64. The molecule has 0 aromatic heterocycles. The minimum Gasteiger partial charge on any atom is -0.453 e. The molecule has 1 saturated heterocycles. The van der Waals surface area contributed by atoms with Crippen molar-refractivity contribution < 1.29 is 9.53 Å². The molecule has 4 heteroatoms. The van der Waals surface area contributed by atoms with E-state index in [9.17, 15) is 4.79 Å². The van der Waals surface area contributed by atoms with Gasteiger partial charge in [-0.3, -0.25) is 0 Å². The van der Waals surface area contributed by atoms with E-state index in [2.05, 4.69) is 13.8 Å². The van der Waals surface area contributed by atoms with Gasteiger partial charge in [-0.05, 0) is 6.42 Å². The summed E-state index contributed by atoms with van der Waals surface area (Å²) in [6.07, 6.45) is 0.838. The number of carbonyl (C=O) groups excluding carboxylic acids is 1. The van der Waals surface area contributed by atoms with Crippen LogP contribution < -0.4 is 0 Å². The molecule has 0 bridgehead atoms. The van der Waals surface area contributed by atoms with Gasteiger partial charge in [-0.1, -0.05) is 13.8 Å². The second kappa shape index (κ2) is 4.22. The van der Waals surface area contributed by atoms with Crippen LogP contribution in [0.15, 0.2) is 0 Å². The van der Waals surface area contributed by atoms with Crippen LogP contribution in [0.2, 0.25) is 0 Å². The zero-order chi connectivity index (χ0) is 9.90. The molecule has 0 aromatic rings. The van der Waals surface area contributed by atoms with Crippen molar-refractivity contribution in [1.82, 2.24) is 4.90 Å². The molecule has 1 heterocycles. The summed E-state index contributed by atoms with van der Waals surface area (Å²) in [6.45, 7) is 6.06. The van der Waals surface area contributed by atoms with Gasteiger partial charge in [0.1, 0.15) is 0 Å². The van der Waals surface area contributed by atoms with E-state index in [4.69, 9.17) is 4.74 Å². The number of hydrogen-bond donors (Lipinski definition) is 0. The van der Waals surface area contributed by atoms with Crippen molar-refractivity contribution in [3.63, 3.8) is 0 Å². The lowest BCUT2D eigenvalue weighted by molar-refractivity contribution is 0.125. The van der Waals surface area contributed by atoms with E-state index in [-0.39, 0.29) is 6.09 Å². The molecule has 76 valence electrons. The zero-order valence-electron chi connectivity index (χ0n) is 8.50. The fraction of sp³-hybridized carbons (Fsp3) is 0.889. The highest BCUT2D eigenvalue weighted by molar-refractivity contribution is 8.00. The van der Waals surface area contributed by atoms with Crippen molar-refractivity contribution in [2.45, 2.75) is 25.0 Å². The molecule has 1 aliphatic heterocycles. The molecule has 0 aliphatic carbocycles. The van der Waals surface area contributed by atoms with E-state index >= 15 is 0 Å². The van der Waals surface area contributed by atoms with E-state index in [1.54, 1.807) is 4.90 Å². The highest BCUT2D eigenvalue weighted by Gasteiger charge is 2.25. The van der Waals surface area contributed by atoms with Crippen LogP contribution in [0.3, 0.4) is 0 Å². The van der Waals surface area contributed by atoms with E-state index in [0.717, 1.165) is 25.3 Å². The van der Waals surface area contributed by atoms with E-state index in [1.807, 2.05) is 11.8 Å². The summed E-state index contributed by atoms with van der Waals surface area (Å²) in [7, 11) is 1.44. The molecule has 0 saturated carbocycles. The van der Waals surface area contributed by atoms with Crippen molar-refractivity contribution in [2.75, 3.05) is 26.0 Å². The molecule has 1 fully saturated rings. The molecule has 0 spiro atoms. The maximum Gasteiger partial charge on any atom is 0.409 e. The molecular formula is C9H17NO2S. The molecule has 0 N–H and O–H groups in total. The monoisotopic (exact) mass is 203 g/mol. The molecule has 1 amide bonds. The van der Waals surface area contributed by atoms with Crippen LogP contribution in [0.4, 0.5) is 4.79 Å². The first kappa shape index (κ1) is 10.7. The topological polar surface area (TPSA) is 29.5 Å². The smallest absolute Gasteiger partial charge is 0.409 e. The van der Waals surface area contributed by atoms with Crippen molar-refractivity contribution in [3.05, 3.63) is 0 Å². The quantitative estimate of drug-likeness (QED) is 0.603. The van der Waals surface area contributed by atoms with Crippen LogP contribution in [0.5, 0.6) is 0 Å². The second-order valence-electron chi connectivity index (χ2n) is 3.82. The van der Waals surface area contributed by atoms with Crippen LogP contribution in [-0.4, -0.2) is 41.7 Å². The van der Waals surface area contributed by atoms with E-state index < -0.39 is 0 Å². The van der Waals surface area contributed by atoms with Gasteiger partial charge in [0.25, 0.3) is 0 Å². The summed E-state index contributed by atoms with van der Waals surface area (Å²) in [6, 6.07) is 0. The molecule has 1 aliphatic rings. The van der Waals surface area contributed by atoms with Gasteiger partial charge in [0.05, 0.1) is 7.11 Å². The summed E-state index contributed by atoms with van der Waals surface area (Å²) in [5.74, 6) is 1.00. The number of hydrogen-bond acceptors (Lipinski definition) is 3. The SMILES string of the molecule is COC(=O)N1CCSC(C)(C)CC1. The largest absolute Gasteiger partial charge is 0.453 e. The van der Waals surface area contributed by atoms with Crippen LogP contribution in [-0.2, 0) is 4.74 Å². The van der Waals surface area contributed by atoms with Crippen molar-refractivity contribution in [1.29, 1.82) is 0 Å². The average molecular weight is 203 g/mol. The van der Waals surface area contributed by atoms with Gasteiger partial charge in [0.15, 0.2) is 0 Å². The molecule has 0 radical (unpaired) electrons. The number of thioether (sulfide) groups is 1. The van der Waals surface area contributed by atoms with Crippen LogP contribution in [0.25, 0.3) is 0 Å². The summed E-state index contributed by atoms with van der Waals surface area (Å²) < 4.78 is 4.99. The first-order chi connectivity index (χ1) is 6.05. The highest BCUT2D eigenvalue weighted by Crippen LogP contribution is 2.30. The highest BCUT2D eigenvalue weighted by atomic mass is 32.2. The van der Waals surface area contributed by atoms with Gasteiger partial charge in [-0.15, -0.1) is 0 Å². The minimum absolute atomic E-state index is 0.196. The third-order valence-electron chi connectivity index (χ3n) is 2.27. The minimum atomic E-state index is -0.196. The Morgan fingerprint density at radius 2 is 2.15 bits per heavy atom. The van der Waals surface area contributed by atoms with Crippen molar-refractivity contribution >= 4 is 17.9 Å². The second-order valence-corrected chi connectivity index (χ2v) is 5.62. The Hall–Kier alpha value is -0.380. The standard InChI is InChI=1S/C9H17NO2S/c1-9(2)4-5-10(6-7-13-9)8(11)12-3/h4-7H2,1-3H3. The molecule has 1 rings (SSSR count). The Labute approximate surface area is 83.8 Å². The van der Waals surface area contributed by atoms with Crippen LogP contribution in [0.1, 0.15) is 20.3 Å². The van der Waals surface area contributed by atoms with Gasteiger partial charge in [-0.25, -0.2) is 4.79 Å². The first-order valence-electron chi connectivity index (χ1n) is 4.52. The fourth-order valence-corrected chi connectivity index (χ4v) is 2.43. The number of methoxy groups -OCH3 is 1. The summed E-state index contributed by atoms with van der Waals surface area (Å²) in [5.41, 5.74) is 0. The van der Waals surface area contributed by atoms with E-state index in [1.165, 1.54) is 7.11 Å². The van der Waals surface area contributed by atoms with Gasteiger partial charge in [0.2, 0.25) is 0 Å². The molecule has 0 atom stereocenters. The molecular weight excluding hydrogens is 186 g/mol. The van der Waals surface area contributed by atoms with Crippen LogP contribution in [0, 0.1) is 0 Å². The maximum atomic E-state index is 11.2. The zero-order valence-corrected chi connectivity index (χ0v) is 9.32. The van der Waals surface area contributed by atoms with Gasteiger partial charge < -0.3 is 9.64 Å². The summed E-state index contributed by atoms with van der Waals surface area (Å²) in [5, 5.41) is 0. The Kier molecular flexibility index (Phi) is 3.47. The number of ether oxygens (including phenoxy) is 1. The molecule has 0 unspecified atom stereocenters. The lowest BCUT2D eigenvalue weighted by atomic mass is 10.1. The number of amides is 1. The van der Waals surface area contributed by atoms with Crippen molar-refractivity contribution in [2.24, 2.45) is 0 Å². The van der Waals surface area contributed by atoms with Gasteiger partial charge >= 0.3 is 6.09 Å². The lowest BCUT2D eigenvalue weighted by Gasteiger charge is -2.21. The number of nitrogens with zero attached hydrogens (tertiary/aromatic N) is 1. The Bertz CT molecular complexity index is 194. The third kappa shape index (κ3) is 3.10. The Morgan fingerprint density at radius 3 is 2.77 bits per heavy atom. The normalized spacial score (nSPS) is 22.2. The van der Waals surface area contributed by atoms with Crippen molar-refractivity contribution in [3.8, 4) is 0 Å². The summed E-state index contributed by atoms with van der Waals surface area (Å²) in [4.78, 5) is 13.0. The Balaban J connectivity index is 2.49. The van der Waals surface area contributed by atoms with Crippen LogP contribution >= 0.6 is 11.8 Å². The van der Waals surface area contributed by atoms with Gasteiger partial charge in [-0.2, -0.15) is 11.8 Å². The fourth-order valence-electron chi connectivity index (χ4n) is 1.33. The van der Waals surface area contributed by atoms with Gasteiger partial charge in [0, 0.05) is 23.6 Å². The summed E-state index contributed by atoms with van der Waals surface area (Å²) >= 11 is 1.92. The lowest BCUT2D eigenvalue weighted by Crippen LogP contribution is -2.33. The molecule has 3 nitrogen and oxygen atoms in total. The number of rotatable bonds is 0. The Morgan fingerprint density at radius 1 is 1.46 bits per heavy atom. The predicted molar refractivity (Wildman–Crippen MR) is 55.1 cm³/mol. The molecule has 13 heavy (non-hydrogen) atoms. The maximum absolute atomic E-state index is 11.2. The predicted octanol–water partition coefficient (Wildman–Crippen LogP) is 1.97. The average Bonchev–Trinajstić information content (AvgIpc) is 2.25. The number of carbonyl (C=O) groups is 1. The van der Waals surface area contributed by atoms with E-state index in [0.29, 0.717) is 4.75 Å². The first-order valence-corrected chi connectivity index (χ1v) is 5.50.